The lowest BCUT2D eigenvalue weighted by Gasteiger charge is -2.23. The van der Waals surface area contributed by atoms with E-state index in [2.05, 4.69) is 37.6 Å². The van der Waals surface area contributed by atoms with Crippen LogP contribution < -0.4 is 11.1 Å². The van der Waals surface area contributed by atoms with Crippen LogP contribution in [0.3, 0.4) is 0 Å². The Labute approximate surface area is 107 Å². The van der Waals surface area contributed by atoms with Crippen molar-refractivity contribution in [3.63, 3.8) is 0 Å². The van der Waals surface area contributed by atoms with E-state index in [9.17, 15) is 0 Å². The maximum atomic E-state index is 5.52. The number of hydrogen-bond acceptors (Lipinski definition) is 3. The molecule has 3 heteroatoms. The van der Waals surface area contributed by atoms with Crippen molar-refractivity contribution in [2.45, 2.75) is 46.1 Å². The summed E-state index contributed by atoms with van der Waals surface area (Å²) >= 11 is 0. The van der Waals surface area contributed by atoms with Gasteiger partial charge in [-0.3, -0.25) is 4.90 Å². The van der Waals surface area contributed by atoms with E-state index in [0.29, 0.717) is 6.04 Å². The molecule has 0 aliphatic carbocycles. The van der Waals surface area contributed by atoms with Crippen LogP contribution >= 0.6 is 0 Å². The molecule has 0 atom stereocenters. The molecule has 0 fully saturated rings. The van der Waals surface area contributed by atoms with Crippen LogP contribution in [-0.4, -0.2) is 43.7 Å². The quantitative estimate of drug-likeness (QED) is 0.544. The first-order valence-electron chi connectivity index (χ1n) is 6.92. The van der Waals surface area contributed by atoms with Gasteiger partial charge in [-0.25, -0.2) is 0 Å². The maximum absolute atomic E-state index is 5.52. The Bertz CT molecular complexity index is 190. The minimum atomic E-state index is 0.568. The molecule has 0 heterocycles. The van der Waals surface area contributed by atoms with E-state index in [1.165, 1.54) is 12.0 Å². The molecule has 0 saturated heterocycles. The highest BCUT2D eigenvalue weighted by molar-refractivity contribution is 4.97. The van der Waals surface area contributed by atoms with Crippen molar-refractivity contribution in [1.82, 2.24) is 10.2 Å². The molecule has 0 aromatic heterocycles. The Morgan fingerprint density at radius 2 is 2.06 bits per heavy atom. The van der Waals surface area contributed by atoms with E-state index in [-0.39, 0.29) is 0 Å². The van der Waals surface area contributed by atoms with Crippen LogP contribution in [0.5, 0.6) is 0 Å². The zero-order valence-electron chi connectivity index (χ0n) is 12.0. The average Bonchev–Trinajstić information content (AvgIpc) is 2.26. The van der Waals surface area contributed by atoms with E-state index >= 15 is 0 Å². The molecule has 0 rings (SSSR count). The van der Waals surface area contributed by atoms with Crippen LogP contribution in [0, 0.1) is 0 Å². The summed E-state index contributed by atoms with van der Waals surface area (Å²) in [5.41, 5.74) is 6.83. The molecule has 3 N–H and O–H groups in total. The second-order valence-electron chi connectivity index (χ2n) is 5.03. The fraction of sp³-hybridized carbons (Fsp3) is 0.857. The van der Waals surface area contributed by atoms with Gasteiger partial charge in [0.2, 0.25) is 0 Å². The van der Waals surface area contributed by atoms with Crippen molar-refractivity contribution in [3.05, 3.63) is 12.2 Å². The summed E-state index contributed by atoms with van der Waals surface area (Å²) in [5, 5.41) is 3.46. The Balaban J connectivity index is 3.83. The summed E-state index contributed by atoms with van der Waals surface area (Å²) in [6, 6.07) is 0.568. The maximum Gasteiger partial charge on any atom is 0.0190 e. The number of nitrogens with one attached hydrogen (secondary N) is 1. The predicted octanol–water partition coefficient (Wildman–Crippen LogP) is 1.99. The molecule has 0 aliphatic rings. The van der Waals surface area contributed by atoms with E-state index in [0.717, 1.165) is 45.6 Å². The molecule has 0 unspecified atom stereocenters. The number of rotatable bonds is 11. The van der Waals surface area contributed by atoms with Crippen molar-refractivity contribution in [1.29, 1.82) is 0 Å². The normalized spacial score (nSPS) is 11.4. The molecule has 3 nitrogen and oxygen atoms in total. The van der Waals surface area contributed by atoms with Crippen molar-refractivity contribution in [2.75, 3.05) is 32.7 Å². The van der Waals surface area contributed by atoms with Crippen LogP contribution in [-0.2, 0) is 0 Å². The van der Waals surface area contributed by atoms with Crippen molar-refractivity contribution in [3.8, 4) is 0 Å². The molecule has 0 aliphatic heterocycles. The number of nitrogens with two attached hydrogens (primary N) is 1. The summed E-state index contributed by atoms with van der Waals surface area (Å²) in [6.07, 6.45) is 3.32. The second kappa shape index (κ2) is 10.8. The van der Waals surface area contributed by atoms with Gasteiger partial charge < -0.3 is 11.1 Å². The fourth-order valence-electron chi connectivity index (χ4n) is 1.84. The molecule has 0 aromatic rings. The third kappa shape index (κ3) is 10.5. The van der Waals surface area contributed by atoms with Gasteiger partial charge in [-0.05, 0) is 32.4 Å². The smallest absolute Gasteiger partial charge is 0.0190 e. The van der Waals surface area contributed by atoms with Crippen LogP contribution in [0.4, 0.5) is 0 Å². The van der Waals surface area contributed by atoms with Crippen LogP contribution in [0.15, 0.2) is 12.2 Å². The minimum Gasteiger partial charge on any atom is -0.330 e. The molecule has 0 saturated carbocycles. The Morgan fingerprint density at radius 3 is 2.59 bits per heavy atom. The SMILES string of the molecule is C=C(CCCN)CN(CCC)CCNC(C)C. The van der Waals surface area contributed by atoms with Gasteiger partial charge in [-0.15, -0.1) is 0 Å². The largest absolute Gasteiger partial charge is 0.330 e. The molecule has 0 amide bonds. The van der Waals surface area contributed by atoms with E-state index in [1.807, 2.05) is 0 Å². The molecular weight excluding hydrogens is 210 g/mol. The lowest BCUT2D eigenvalue weighted by Crippen LogP contribution is -2.36. The molecule has 102 valence electrons. The summed E-state index contributed by atoms with van der Waals surface area (Å²) < 4.78 is 0. The van der Waals surface area contributed by atoms with E-state index < -0.39 is 0 Å². The third-order valence-electron chi connectivity index (χ3n) is 2.70. The molecule has 0 aromatic carbocycles. The highest BCUT2D eigenvalue weighted by atomic mass is 15.1. The monoisotopic (exact) mass is 241 g/mol. The molecular formula is C14H31N3. The van der Waals surface area contributed by atoms with E-state index in [4.69, 9.17) is 5.73 Å². The highest BCUT2D eigenvalue weighted by Gasteiger charge is 2.05. The molecule has 0 bridgehead atoms. The first kappa shape index (κ1) is 16.6. The van der Waals surface area contributed by atoms with Gasteiger partial charge in [0.25, 0.3) is 0 Å². The van der Waals surface area contributed by atoms with Crippen LogP contribution in [0.2, 0.25) is 0 Å². The van der Waals surface area contributed by atoms with Gasteiger partial charge in [-0.1, -0.05) is 32.9 Å². The van der Waals surface area contributed by atoms with Gasteiger partial charge in [-0.2, -0.15) is 0 Å². The van der Waals surface area contributed by atoms with Crippen molar-refractivity contribution in [2.24, 2.45) is 5.73 Å². The Morgan fingerprint density at radius 1 is 1.35 bits per heavy atom. The topological polar surface area (TPSA) is 41.3 Å². The Hall–Kier alpha value is -0.380. The first-order valence-corrected chi connectivity index (χ1v) is 6.92. The second-order valence-corrected chi connectivity index (χ2v) is 5.03. The van der Waals surface area contributed by atoms with Gasteiger partial charge >= 0.3 is 0 Å². The van der Waals surface area contributed by atoms with Gasteiger partial charge in [0, 0.05) is 25.7 Å². The lowest BCUT2D eigenvalue weighted by atomic mass is 10.1. The van der Waals surface area contributed by atoms with Crippen LogP contribution in [0.25, 0.3) is 0 Å². The summed E-state index contributed by atoms with van der Waals surface area (Å²) in [4.78, 5) is 2.48. The Kier molecular flexibility index (Phi) is 10.5. The van der Waals surface area contributed by atoms with Gasteiger partial charge in [0.05, 0.1) is 0 Å². The number of hydrogen-bond donors (Lipinski definition) is 2. The number of nitrogens with zero attached hydrogens (tertiary/aromatic N) is 1. The van der Waals surface area contributed by atoms with Crippen LogP contribution in [0.1, 0.15) is 40.0 Å². The standard InChI is InChI=1S/C14H31N3/c1-5-10-17(11-9-16-13(2)3)12-14(4)7-6-8-15/h13,16H,4-12,15H2,1-3H3. The van der Waals surface area contributed by atoms with E-state index in [1.54, 1.807) is 0 Å². The fourth-order valence-corrected chi connectivity index (χ4v) is 1.84. The molecule has 0 spiro atoms. The third-order valence-corrected chi connectivity index (χ3v) is 2.70. The van der Waals surface area contributed by atoms with Gasteiger partial charge in [0.15, 0.2) is 0 Å². The van der Waals surface area contributed by atoms with Gasteiger partial charge in [0.1, 0.15) is 0 Å². The molecule has 0 radical (unpaired) electrons. The minimum absolute atomic E-state index is 0.568. The first-order chi connectivity index (χ1) is 8.10. The molecule has 17 heavy (non-hydrogen) atoms. The zero-order chi connectivity index (χ0) is 13.1. The predicted molar refractivity (Wildman–Crippen MR) is 77.3 cm³/mol. The average molecular weight is 241 g/mol. The van der Waals surface area contributed by atoms with Crippen molar-refractivity contribution >= 4 is 0 Å². The lowest BCUT2D eigenvalue weighted by molar-refractivity contribution is 0.289. The van der Waals surface area contributed by atoms with Crippen molar-refractivity contribution < 1.29 is 0 Å². The summed E-state index contributed by atoms with van der Waals surface area (Å²) in [5.74, 6) is 0. The zero-order valence-corrected chi connectivity index (χ0v) is 12.0. The summed E-state index contributed by atoms with van der Waals surface area (Å²) in [7, 11) is 0. The highest BCUT2D eigenvalue weighted by Crippen LogP contribution is 2.05. The summed E-state index contributed by atoms with van der Waals surface area (Å²) in [6.45, 7) is 15.8.